The van der Waals surface area contributed by atoms with Gasteiger partial charge in [-0.2, -0.15) is 0 Å². The smallest absolute Gasteiger partial charge is 0.462 e. The van der Waals surface area contributed by atoms with Gasteiger partial charge in [-0.05, 0) is 141 Å². The number of hydrogen-bond acceptors (Lipinski definition) is 15. The molecule has 0 aromatic carbocycles. The van der Waals surface area contributed by atoms with Crippen LogP contribution in [0.15, 0.2) is 182 Å². The maximum absolute atomic E-state index is 13.1. The fraction of sp³-hybridized carbons (Fsp3) is 0.609. The number of hydrogen-bond donors (Lipinski definition) is 3. The van der Waals surface area contributed by atoms with Gasteiger partial charge in [-0.3, -0.25) is 37.3 Å². The Labute approximate surface area is 641 Å². The van der Waals surface area contributed by atoms with Gasteiger partial charge in [-0.15, -0.1) is 0 Å². The van der Waals surface area contributed by atoms with Crippen LogP contribution in [0.3, 0.4) is 0 Å². The maximum Gasteiger partial charge on any atom is 0.472 e. The first-order chi connectivity index (χ1) is 51.7. The van der Waals surface area contributed by atoms with E-state index in [1.807, 2.05) is 30.4 Å². The van der Waals surface area contributed by atoms with Gasteiger partial charge in [0.05, 0.1) is 26.4 Å². The van der Waals surface area contributed by atoms with E-state index in [2.05, 4.69) is 180 Å². The molecule has 0 amide bonds. The van der Waals surface area contributed by atoms with E-state index in [0.717, 1.165) is 141 Å². The summed E-state index contributed by atoms with van der Waals surface area (Å²) in [5, 5.41) is 10.6. The molecular formula is C87H140O17P2. The molecule has 19 heteroatoms. The standard InChI is InChI=1S/C87H140O17P2/c1-5-9-13-17-21-25-29-33-36-39-40-43-45-49-52-56-60-64-68-72-85(90)97-77-82(103-86(91)73-69-65-61-57-53-47-32-28-24-20-16-12-8-4)79-101-105(93,94)99-75-81(88)76-100-106(95,96)102-80-83(104-87(92)74-70-66-62-58-54-50-46-42-38-35-31-27-23-19-15-11-7-3)78-98-84(89)71-67-63-59-55-51-48-44-41-37-34-30-26-22-18-14-10-6-2/h9-11,13-15,21-23,25-27,33-38,40,43-44,46,48-50,52,55,59-60,64,81-83,88H,5-8,12,16-20,24,28-32,39,41-42,45,47,51,53-54,56-58,61-63,65-80H2,1-4H3,(H,93,94)(H,95,96)/b13-9-,14-10-,15-11-,25-21-,26-22-,27-23-,36-33-,37-34-,38-35-,43-40-,48-44-,50-46-,52-49-,59-55-,64-60-. The lowest BCUT2D eigenvalue weighted by atomic mass is 10.0. The van der Waals surface area contributed by atoms with E-state index < -0.39 is 97.5 Å². The Morgan fingerprint density at radius 3 is 0.840 bits per heavy atom. The van der Waals surface area contributed by atoms with Crippen LogP contribution in [0.2, 0.25) is 0 Å². The average Bonchev–Trinajstić information content (AvgIpc) is 0.900. The lowest BCUT2D eigenvalue weighted by Crippen LogP contribution is -2.30. The normalized spacial score (nSPS) is 14.8. The van der Waals surface area contributed by atoms with E-state index in [9.17, 15) is 43.2 Å². The molecule has 106 heavy (non-hydrogen) atoms. The summed E-state index contributed by atoms with van der Waals surface area (Å²) in [7, 11) is -10.0. The molecule has 0 aliphatic carbocycles. The van der Waals surface area contributed by atoms with Crippen LogP contribution in [0, 0.1) is 0 Å². The summed E-state index contributed by atoms with van der Waals surface area (Å²) in [6.45, 7) is 4.34. The van der Waals surface area contributed by atoms with E-state index in [1.165, 1.54) is 51.4 Å². The Morgan fingerprint density at radius 1 is 0.274 bits per heavy atom. The number of aliphatic hydroxyl groups excluding tert-OH is 1. The quantitative estimate of drug-likeness (QED) is 0.0169. The molecule has 0 heterocycles. The van der Waals surface area contributed by atoms with Gasteiger partial charge < -0.3 is 33.8 Å². The van der Waals surface area contributed by atoms with Crippen molar-refractivity contribution in [3.63, 3.8) is 0 Å². The summed E-state index contributed by atoms with van der Waals surface area (Å²) in [6.07, 6.45) is 93.2. The lowest BCUT2D eigenvalue weighted by molar-refractivity contribution is -0.161. The van der Waals surface area contributed by atoms with Crippen molar-refractivity contribution in [1.82, 2.24) is 0 Å². The van der Waals surface area contributed by atoms with Gasteiger partial charge in [0, 0.05) is 25.7 Å². The van der Waals surface area contributed by atoms with E-state index in [0.29, 0.717) is 38.5 Å². The highest BCUT2D eigenvalue weighted by molar-refractivity contribution is 7.47. The molecule has 17 nitrogen and oxygen atoms in total. The Morgan fingerprint density at radius 2 is 0.519 bits per heavy atom. The molecule has 0 bridgehead atoms. The van der Waals surface area contributed by atoms with Crippen molar-refractivity contribution in [1.29, 1.82) is 0 Å². The molecular weight excluding hydrogens is 1380 g/mol. The molecule has 0 aromatic heterocycles. The third kappa shape index (κ3) is 76.4. The first kappa shape index (κ1) is 100. The van der Waals surface area contributed by atoms with Crippen molar-refractivity contribution in [2.75, 3.05) is 39.6 Å². The number of aliphatic hydroxyl groups is 1. The van der Waals surface area contributed by atoms with Crippen molar-refractivity contribution in [3.8, 4) is 0 Å². The van der Waals surface area contributed by atoms with Crippen LogP contribution in [-0.2, 0) is 65.4 Å². The van der Waals surface area contributed by atoms with E-state index in [-0.39, 0.29) is 25.7 Å². The van der Waals surface area contributed by atoms with E-state index >= 15 is 0 Å². The summed E-state index contributed by atoms with van der Waals surface area (Å²) in [6, 6.07) is 0. The molecule has 0 saturated heterocycles. The molecule has 0 fully saturated rings. The van der Waals surface area contributed by atoms with Crippen LogP contribution in [0.4, 0.5) is 0 Å². The summed E-state index contributed by atoms with van der Waals surface area (Å²) in [4.78, 5) is 73.0. The molecule has 0 spiro atoms. The number of carbonyl (C=O) groups excluding carboxylic acids is 4. The molecule has 600 valence electrons. The van der Waals surface area contributed by atoms with Gasteiger partial charge in [0.1, 0.15) is 19.3 Å². The molecule has 5 unspecified atom stereocenters. The number of esters is 4. The molecule has 5 atom stereocenters. The summed E-state index contributed by atoms with van der Waals surface area (Å²) in [5.41, 5.74) is 0. The highest BCUT2D eigenvalue weighted by Crippen LogP contribution is 2.45. The molecule has 0 aromatic rings. The van der Waals surface area contributed by atoms with Crippen LogP contribution in [0.5, 0.6) is 0 Å². The molecule has 0 aliphatic rings. The SMILES string of the molecule is CC/C=C\C/C=C\C/C=C\C/C=C\C/C=C\C/C=C\CCC(=O)OCC(COP(=O)(O)OCC(O)COP(=O)(O)OCC(COC(=O)CCC/C=C\C/C=C\C/C=C\C/C=C\C/C=C\CC)OC(=O)CCCCCC/C=C\C/C=C\C/C=C\C/C=C\CC)OC(=O)CCCCCCCCCCCCCCC. The minimum atomic E-state index is -5.01. The summed E-state index contributed by atoms with van der Waals surface area (Å²) < 4.78 is 68.5. The van der Waals surface area contributed by atoms with Crippen LogP contribution >= 0.6 is 15.6 Å². The van der Waals surface area contributed by atoms with Crippen LogP contribution < -0.4 is 0 Å². The Kier molecular flexibility index (Phi) is 73.1. The molecule has 0 aliphatic heterocycles. The fourth-order valence-corrected chi connectivity index (χ4v) is 11.5. The van der Waals surface area contributed by atoms with Gasteiger partial charge in [0.2, 0.25) is 0 Å². The zero-order chi connectivity index (χ0) is 77.4. The number of rotatable bonds is 73. The zero-order valence-electron chi connectivity index (χ0n) is 65.5. The molecule has 3 N–H and O–H groups in total. The van der Waals surface area contributed by atoms with E-state index in [4.69, 9.17) is 37.0 Å². The predicted molar refractivity (Wildman–Crippen MR) is 436 cm³/mol. The van der Waals surface area contributed by atoms with Crippen molar-refractivity contribution in [3.05, 3.63) is 182 Å². The second-order valence-electron chi connectivity index (χ2n) is 25.9. The lowest BCUT2D eigenvalue weighted by Gasteiger charge is -2.21. The molecule has 0 saturated carbocycles. The number of allylic oxidation sites excluding steroid dienone is 30. The van der Waals surface area contributed by atoms with Crippen molar-refractivity contribution >= 4 is 39.5 Å². The van der Waals surface area contributed by atoms with Crippen molar-refractivity contribution in [2.24, 2.45) is 0 Å². The minimum Gasteiger partial charge on any atom is -0.462 e. The second-order valence-corrected chi connectivity index (χ2v) is 28.8. The van der Waals surface area contributed by atoms with Gasteiger partial charge in [-0.1, -0.05) is 300 Å². The number of phosphoric acid groups is 2. The Bertz CT molecular complexity index is 2730. The first-order valence-electron chi connectivity index (χ1n) is 40.0. The number of ether oxygens (including phenoxy) is 4. The largest absolute Gasteiger partial charge is 0.472 e. The number of unbranched alkanes of at least 4 members (excludes halogenated alkanes) is 17. The third-order valence-corrected chi connectivity index (χ3v) is 17.8. The minimum absolute atomic E-state index is 0.0305. The molecule has 0 rings (SSSR count). The topological polar surface area (TPSA) is 237 Å². The highest BCUT2D eigenvalue weighted by atomic mass is 31.2. The first-order valence-corrected chi connectivity index (χ1v) is 43.0. The fourth-order valence-electron chi connectivity index (χ4n) is 9.92. The Balaban J connectivity index is 5.51. The zero-order valence-corrected chi connectivity index (χ0v) is 67.3. The van der Waals surface area contributed by atoms with Gasteiger partial charge in [0.15, 0.2) is 12.2 Å². The summed E-state index contributed by atoms with van der Waals surface area (Å²) in [5.74, 6) is -2.38. The number of carbonyl (C=O) groups is 4. The van der Waals surface area contributed by atoms with Gasteiger partial charge in [-0.25, -0.2) is 9.13 Å². The number of phosphoric ester groups is 2. The van der Waals surface area contributed by atoms with E-state index in [1.54, 1.807) is 0 Å². The van der Waals surface area contributed by atoms with Crippen LogP contribution in [-0.4, -0.2) is 96.7 Å². The third-order valence-electron chi connectivity index (χ3n) is 15.9. The Hall–Kier alpha value is -5.84. The van der Waals surface area contributed by atoms with Crippen molar-refractivity contribution in [2.45, 2.75) is 303 Å². The maximum atomic E-state index is 13.1. The molecule has 0 radical (unpaired) electrons. The summed E-state index contributed by atoms with van der Waals surface area (Å²) >= 11 is 0. The van der Waals surface area contributed by atoms with Crippen LogP contribution in [0.1, 0.15) is 285 Å². The predicted octanol–water partition coefficient (Wildman–Crippen LogP) is 23.6. The van der Waals surface area contributed by atoms with Crippen LogP contribution in [0.25, 0.3) is 0 Å². The second kappa shape index (κ2) is 77.3. The van der Waals surface area contributed by atoms with Gasteiger partial charge >= 0.3 is 39.5 Å². The van der Waals surface area contributed by atoms with Gasteiger partial charge in [0.25, 0.3) is 0 Å². The average molecular weight is 1520 g/mol. The monoisotopic (exact) mass is 1520 g/mol. The highest BCUT2D eigenvalue weighted by Gasteiger charge is 2.30. The van der Waals surface area contributed by atoms with Crippen molar-refractivity contribution < 1.29 is 80.2 Å².